The first kappa shape index (κ1) is 19.2. The molecular formula is C21H26ClFN2O. The van der Waals surface area contributed by atoms with E-state index in [-0.39, 0.29) is 5.82 Å². The van der Waals surface area contributed by atoms with Gasteiger partial charge in [0.1, 0.15) is 18.2 Å². The van der Waals surface area contributed by atoms with Crippen LogP contribution in [0.25, 0.3) is 0 Å². The van der Waals surface area contributed by atoms with Crippen LogP contribution in [-0.4, -0.2) is 49.6 Å². The Hall–Kier alpha value is -1.62. The predicted octanol–water partition coefficient (Wildman–Crippen LogP) is 4.24. The van der Waals surface area contributed by atoms with Crippen molar-refractivity contribution in [1.29, 1.82) is 0 Å². The molecule has 0 saturated carbocycles. The number of aryl methyl sites for hydroxylation is 1. The zero-order valence-corrected chi connectivity index (χ0v) is 16.0. The minimum absolute atomic E-state index is 0.332. The minimum Gasteiger partial charge on any atom is -0.489 e. The van der Waals surface area contributed by atoms with Crippen LogP contribution < -0.4 is 4.74 Å². The molecule has 0 amide bonds. The highest BCUT2D eigenvalue weighted by Gasteiger charge is 2.12. The summed E-state index contributed by atoms with van der Waals surface area (Å²) in [5.41, 5.74) is 2.07. The van der Waals surface area contributed by atoms with Crippen molar-refractivity contribution >= 4 is 11.6 Å². The van der Waals surface area contributed by atoms with Crippen LogP contribution in [0.15, 0.2) is 42.5 Å². The number of nitrogens with zero attached hydrogens (tertiary/aromatic N) is 2. The van der Waals surface area contributed by atoms with Gasteiger partial charge in [0.2, 0.25) is 0 Å². The molecule has 2 aromatic rings. The predicted molar refractivity (Wildman–Crippen MR) is 104 cm³/mol. The number of likely N-dealkylation sites (N-methyl/N-ethyl adjacent to an activating group) is 1. The highest BCUT2D eigenvalue weighted by molar-refractivity contribution is 6.31. The fraction of sp³-hybridized carbons (Fsp3) is 0.429. The average molecular weight is 377 g/mol. The molecule has 0 aromatic heterocycles. The lowest BCUT2D eigenvalue weighted by atomic mass is 10.1. The van der Waals surface area contributed by atoms with E-state index >= 15 is 0 Å². The van der Waals surface area contributed by atoms with Gasteiger partial charge < -0.3 is 14.5 Å². The molecule has 2 aromatic carbocycles. The normalized spacial score (nSPS) is 16.0. The van der Waals surface area contributed by atoms with Crippen molar-refractivity contribution in [3.63, 3.8) is 0 Å². The summed E-state index contributed by atoms with van der Waals surface area (Å²) in [5, 5.41) is 0.397. The summed E-state index contributed by atoms with van der Waals surface area (Å²) in [6.45, 7) is 6.13. The lowest BCUT2D eigenvalue weighted by Crippen LogP contribution is -2.44. The van der Waals surface area contributed by atoms with Gasteiger partial charge in [-0.25, -0.2) is 4.39 Å². The molecule has 140 valence electrons. The van der Waals surface area contributed by atoms with E-state index in [2.05, 4.69) is 29.0 Å². The Morgan fingerprint density at radius 1 is 1.08 bits per heavy atom. The summed E-state index contributed by atoms with van der Waals surface area (Å²) < 4.78 is 18.9. The van der Waals surface area contributed by atoms with Crippen molar-refractivity contribution in [3.05, 3.63) is 64.4 Å². The first-order valence-corrected chi connectivity index (χ1v) is 9.54. The average Bonchev–Trinajstić information content (AvgIpc) is 2.63. The van der Waals surface area contributed by atoms with Crippen LogP contribution in [-0.2, 0) is 13.0 Å². The molecule has 0 aliphatic carbocycles. The third-order valence-corrected chi connectivity index (χ3v) is 5.20. The van der Waals surface area contributed by atoms with Crippen LogP contribution in [0.3, 0.4) is 0 Å². The zero-order chi connectivity index (χ0) is 18.4. The number of ether oxygens (including phenoxy) is 1. The summed E-state index contributed by atoms with van der Waals surface area (Å²) in [6.07, 6.45) is 2.19. The van der Waals surface area contributed by atoms with E-state index in [1.807, 2.05) is 12.1 Å². The standard InChI is InChI=1S/C21H26ClFN2O/c1-24-10-12-25(13-11-24)9-3-5-17-4-2-6-20(14-17)26-16-18-7-8-19(23)15-21(18)22/h2,4,6-8,14-15H,3,5,9-13,16H2,1H3. The molecular weight excluding hydrogens is 351 g/mol. The fourth-order valence-electron chi connectivity index (χ4n) is 3.17. The molecule has 1 aliphatic heterocycles. The second kappa shape index (κ2) is 9.36. The van der Waals surface area contributed by atoms with Gasteiger partial charge in [0.25, 0.3) is 0 Å². The summed E-state index contributed by atoms with van der Waals surface area (Å²) in [6, 6.07) is 12.6. The maximum atomic E-state index is 13.1. The monoisotopic (exact) mass is 376 g/mol. The highest BCUT2D eigenvalue weighted by atomic mass is 35.5. The quantitative estimate of drug-likeness (QED) is 0.718. The molecule has 1 fully saturated rings. The summed E-state index contributed by atoms with van der Waals surface area (Å²) in [7, 11) is 2.18. The second-order valence-electron chi connectivity index (χ2n) is 6.92. The summed E-state index contributed by atoms with van der Waals surface area (Å²) in [5.74, 6) is 0.489. The SMILES string of the molecule is CN1CCN(CCCc2cccc(OCc3ccc(F)cc3Cl)c2)CC1. The van der Waals surface area contributed by atoms with Crippen molar-refractivity contribution in [2.45, 2.75) is 19.4 Å². The minimum atomic E-state index is -0.332. The molecule has 5 heteroatoms. The van der Waals surface area contributed by atoms with Crippen LogP contribution in [0.2, 0.25) is 5.02 Å². The molecule has 0 spiro atoms. The first-order valence-electron chi connectivity index (χ1n) is 9.17. The van der Waals surface area contributed by atoms with E-state index in [4.69, 9.17) is 16.3 Å². The molecule has 1 saturated heterocycles. The van der Waals surface area contributed by atoms with Crippen LogP contribution in [0, 0.1) is 5.82 Å². The van der Waals surface area contributed by atoms with Gasteiger partial charge in [-0.05, 0) is 56.3 Å². The van der Waals surface area contributed by atoms with Gasteiger partial charge in [0.15, 0.2) is 0 Å². The van der Waals surface area contributed by atoms with Gasteiger partial charge in [0.05, 0.1) is 5.02 Å². The smallest absolute Gasteiger partial charge is 0.124 e. The maximum absolute atomic E-state index is 13.1. The highest BCUT2D eigenvalue weighted by Crippen LogP contribution is 2.21. The van der Waals surface area contributed by atoms with Crippen LogP contribution >= 0.6 is 11.6 Å². The van der Waals surface area contributed by atoms with Crippen molar-refractivity contribution in [2.75, 3.05) is 39.8 Å². The lowest BCUT2D eigenvalue weighted by molar-refractivity contribution is 0.153. The molecule has 0 bridgehead atoms. The Morgan fingerprint density at radius 2 is 1.88 bits per heavy atom. The maximum Gasteiger partial charge on any atom is 0.124 e. The topological polar surface area (TPSA) is 15.7 Å². The number of benzene rings is 2. The molecule has 26 heavy (non-hydrogen) atoms. The molecule has 0 N–H and O–H groups in total. The van der Waals surface area contributed by atoms with E-state index in [0.717, 1.165) is 56.9 Å². The third-order valence-electron chi connectivity index (χ3n) is 4.84. The van der Waals surface area contributed by atoms with Crippen LogP contribution in [0.1, 0.15) is 17.5 Å². The van der Waals surface area contributed by atoms with Crippen LogP contribution in [0.5, 0.6) is 5.75 Å². The van der Waals surface area contributed by atoms with Crippen LogP contribution in [0.4, 0.5) is 4.39 Å². The molecule has 0 radical (unpaired) electrons. The number of piperazine rings is 1. The van der Waals surface area contributed by atoms with Gasteiger partial charge in [0, 0.05) is 31.7 Å². The van der Waals surface area contributed by atoms with Crippen molar-refractivity contribution in [2.24, 2.45) is 0 Å². The molecule has 3 nitrogen and oxygen atoms in total. The van der Waals surface area contributed by atoms with E-state index in [1.165, 1.54) is 17.7 Å². The van der Waals surface area contributed by atoms with Gasteiger partial charge in [-0.15, -0.1) is 0 Å². The molecule has 1 aliphatic rings. The van der Waals surface area contributed by atoms with E-state index in [0.29, 0.717) is 11.6 Å². The second-order valence-corrected chi connectivity index (χ2v) is 7.33. The molecule has 0 unspecified atom stereocenters. The number of hydrogen-bond donors (Lipinski definition) is 0. The Kier molecular flexibility index (Phi) is 6.89. The number of rotatable bonds is 7. The summed E-state index contributed by atoms with van der Waals surface area (Å²) >= 11 is 6.05. The van der Waals surface area contributed by atoms with Gasteiger partial charge in [-0.2, -0.15) is 0 Å². The molecule has 0 atom stereocenters. The van der Waals surface area contributed by atoms with Gasteiger partial charge in [-0.1, -0.05) is 29.8 Å². The fourth-order valence-corrected chi connectivity index (χ4v) is 3.39. The van der Waals surface area contributed by atoms with Crippen molar-refractivity contribution in [3.8, 4) is 5.75 Å². The Morgan fingerprint density at radius 3 is 2.65 bits per heavy atom. The Labute approximate surface area is 160 Å². The number of halogens is 2. The van der Waals surface area contributed by atoms with Gasteiger partial charge >= 0.3 is 0 Å². The number of hydrogen-bond acceptors (Lipinski definition) is 3. The Bertz CT molecular complexity index is 717. The molecule has 3 rings (SSSR count). The lowest BCUT2D eigenvalue weighted by Gasteiger charge is -2.32. The van der Waals surface area contributed by atoms with E-state index in [9.17, 15) is 4.39 Å². The van der Waals surface area contributed by atoms with Crippen molar-refractivity contribution in [1.82, 2.24) is 9.80 Å². The first-order chi connectivity index (χ1) is 12.6. The van der Waals surface area contributed by atoms with Gasteiger partial charge in [-0.3, -0.25) is 0 Å². The molecule has 1 heterocycles. The third kappa shape index (κ3) is 5.70. The Balaban J connectivity index is 1.47. The van der Waals surface area contributed by atoms with Crippen molar-refractivity contribution < 1.29 is 9.13 Å². The largest absolute Gasteiger partial charge is 0.489 e. The summed E-state index contributed by atoms with van der Waals surface area (Å²) in [4.78, 5) is 4.92. The van der Waals surface area contributed by atoms with E-state index < -0.39 is 0 Å². The zero-order valence-electron chi connectivity index (χ0n) is 15.3. The van der Waals surface area contributed by atoms with E-state index in [1.54, 1.807) is 6.07 Å².